The lowest BCUT2D eigenvalue weighted by Crippen LogP contribution is -2.42. The molecular weight excluding hydrogens is 293 g/mol. The standard InChI is InChI=1S/C16H21Cl2NO/c1-19-10-16(7-8-20-15(16)11-5-6-11)9-12-13(17)3-2-4-14(12)18/h2-4,11,15,19H,5-10H2,1H3. The zero-order valence-corrected chi connectivity index (χ0v) is 13.3. The molecule has 2 unspecified atom stereocenters. The van der Waals surface area contributed by atoms with E-state index in [0.717, 1.165) is 47.5 Å². The van der Waals surface area contributed by atoms with Crippen LogP contribution >= 0.6 is 23.2 Å². The predicted molar refractivity (Wildman–Crippen MR) is 83.6 cm³/mol. The summed E-state index contributed by atoms with van der Waals surface area (Å²) in [5, 5.41) is 4.90. The second-order valence-corrected chi connectivity index (χ2v) is 6.96. The Bertz CT molecular complexity index is 469. The number of benzene rings is 1. The van der Waals surface area contributed by atoms with Crippen LogP contribution in [-0.4, -0.2) is 26.3 Å². The summed E-state index contributed by atoms with van der Waals surface area (Å²) >= 11 is 12.7. The van der Waals surface area contributed by atoms with E-state index in [9.17, 15) is 0 Å². The number of rotatable bonds is 5. The average molecular weight is 314 g/mol. The van der Waals surface area contributed by atoms with Crippen LogP contribution in [0.4, 0.5) is 0 Å². The molecule has 2 nitrogen and oxygen atoms in total. The van der Waals surface area contributed by atoms with Gasteiger partial charge >= 0.3 is 0 Å². The van der Waals surface area contributed by atoms with Crippen molar-refractivity contribution in [2.24, 2.45) is 11.3 Å². The zero-order chi connectivity index (χ0) is 14.2. The van der Waals surface area contributed by atoms with E-state index in [1.807, 2.05) is 25.2 Å². The molecule has 1 saturated heterocycles. The fraction of sp³-hybridized carbons (Fsp3) is 0.625. The van der Waals surface area contributed by atoms with Crippen LogP contribution in [0.25, 0.3) is 0 Å². The van der Waals surface area contributed by atoms with Crippen molar-refractivity contribution < 1.29 is 4.74 Å². The Labute approximate surface area is 130 Å². The van der Waals surface area contributed by atoms with Crippen LogP contribution in [0.2, 0.25) is 10.0 Å². The number of nitrogens with one attached hydrogen (secondary N) is 1. The second-order valence-electron chi connectivity index (χ2n) is 6.15. The third-order valence-corrected chi connectivity index (χ3v) is 5.38. The molecule has 1 aliphatic carbocycles. The zero-order valence-electron chi connectivity index (χ0n) is 11.8. The van der Waals surface area contributed by atoms with Gasteiger partial charge in [0.25, 0.3) is 0 Å². The molecule has 1 heterocycles. The summed E-state index contributed by atoms with van der Waals surface area (Å²) in [5.41, 5.74) is 1.20. The summed E-state index contributed by atoms with van der Waals surface area (Å²) in [6.45, 7) is 1.81. The summed E-state index contributed by atoms with van der Waals surface area (Å²) in [6, 6.07) is 5.76. The SMILES string of the molecule is CNCC1(Cc2c(Cl)cccc2Cl)CCOC1C1CC1. The maximum atomic E-state index is 6.37. The molecule has 1 aromatic carbocycles. The molecule has 4 heteroatoms. The highest BCUT2D eigenvalue weighted by Crippen LogP contribution is 2.50. The lowest BCUT2D eigenvalue weighted by atomic mass is 9.74. The van der Waals surface area contributed by atoms with Crippen LogP contribution in [0.3, 0.4) is 0 Å². The minimum Gasteiger partial charge on any atom is -0.377 e. The van der Waals surface area contributed by atoms with Gasteiger partial charge in [0.15, 0.2) is 0 Å². The molecule has 1 aliphatic heterocycles. The lowest BCUT2D eigenvalue weighted by molar-refractivity contribution is 0.0315. The van der Waals surface area contributed by atoms with Crippen LogP contribution in [0, 0.1) is 11.3 Å². The van der Waals surface area contributed by atoms with E-state index in [-0.39, 0.29) is 5.41 Å². The first-order chi connectivity index (χ1) is 9.66. The highest BCUT2D eigenvalue weighted by Gasteiger charge is 2.50. The van der Waals surface area contributed by atoms with Gasteiger partial charge in [0.05, 0.1) is 6.10 Å². The van der Waals surface area contributed by atoms with Crippen LogP contribution in [0.5, 0.6) is 0 Å². The quantitative estimate of drug-likeness (QED) is 0.889. The smallest absolute Gasteiger partial charge is 0.0675 e. The Hall–Kier alpha value is -0.280. The third kappa shape index (κ3) is 2.71. The van der Waals surface area contributed by atoms with Gasteiger partial charge in [0.1, 0.15) is 0 Å². The number of ether oxygens (including phenoxy) is 1. The Morgan fingerprint density at radius 2 is 2.00 bits per heavy atom. The number of halogens is 2. The molecule has 2 aliphatic rings. The molecule has 2 fully saturated rings. The van der Waals surface area contributed by atoms with Crippen molar-refractivity contribution in [2.75, 3.05) is 20.2 Å². The van der Waals surface area contributed by atoms with Gasteiger partial charge in [-0.05, 0) is 56.3 Å². The maximum Gasteiger partial charge on any atom is 0.0675 e. The van der Waals surface area contributed by atoms with Gasteiger partial charge in [-0.2, -0.15) is 0 Å². The molecule has 1 N–H and O–H groups in total. The van der Waals surface area contributed by atoms with Gasteiger partial charge in [-0.25, -0.2) is 0 Å². The minimum atomic E-state index is 0.130. The van der Waals surface area contributed by atoms with Crippen molar-refractivity contribution in [1.82, 2.24) is 5.32 Å². The summed E-state index contributed by atoms with van der Waals surface area (Å²) in [7, 11) is 2.01. The fourth-order valence-corrected chi connectivity index (χ4v) is 4.12. The first-order valence-electron chi connectivity index (χ1n) is 7.35. The van der Waals surface area contributed by atoms with Crippen molar-refractivity contribution in [3.63, 3.8) is 0 Å². The van der Waals surface area contributed by atoms with Gasteiger partial charge in [-0.3, -0.25) is 0 Å². The Morgan fingerprint density at radius 3 is 2.60 bits per heavy atom. The van der Waals surface area contributed by atoms with Gasteiger partial charge in [-0.1, -0.05) is 29.3 Å². The summed E-state index contributed by atoms with van der Waals surface area (Å²) in [5.74, 6) is 0.729. The van der Waals surface area contributed by atoms with E-state index in [1.54, 1.807) is 0 Å². The second kappa shape index (κ2) is 5.84. The van der Waals surface area contributed by atoms with Gasteiger partial charge in [0.2, 0.25) is 0 Å². The summed E-state index contributed by atoms with van der Waals surface area (Å²) < 4.78 is 6.07. The highest BCUT2D eigenvalue weighted by molar-refractivity contribution is 6.36. The number of hydrogen-bond acceptors (Lipinski definition) is 2. The molecule has 0 bridgehead atoms. The number of hydrogen-bond donors (Lipinski definition) is 1. The first-order valence-corrected chi connectivity index (χ1v) is 8.11. The summed E-state index contributed by atoms with van der Waals surface area (Å²) in [6.07, 6.45) is 4.92. The van der Waals surface area contributed by atoms with Gasteiger partial charge < -0.3 is 10.1 Å². The Kier molecular flexibility index (Phi) is 4.28. The molecule has 1 aromatic rings. The van der Waals surface area contributed by atoms with E-state index >= 15 is 0 Å². The van der Waals surface area contributed by atoms with Crippen LogP contribution in [0.1, 0.15) is 24.8 Å². The molecule has 0 amide bonds. The van der Waals surface area contributed by atoms with Gasteiger partial charge in [0, 0.05) is 28.6 Å². The van der Waals surface area contributed by atoms with E-state index in [0.29, 0.717) is 6.10 Å². The molecule has 20 heavy (non-hydrogen) atoms. The van der Waals surface area contributed by atoms with E-state index in [1.165, 1.54) is 12.8 Å². The van der Waals surface area contributed by atoms with Crippen LogP contribution in [0.15, 0.2) is 18.2 Å². The topological polar surface area (TPSA) is 21.3 Å². The monoisotopic (exact) mass is 313 g/mol. The lowest BCUT2D eigenvalue weighted by Gasteiger charge is -2.35. The molecular formula is C16H21Cl2NO. The Morgan fingerprint density at radius 1 is 1.30 bits per heavy atom. The van der Waals surface area contributed by atoms with E-state index in [4.69, 9.17) is 27.9 Å². The molecule has 110 valence electrons. The minimum absolute atomic E-state index is 0.130. The molecule has 3 rings (SSSR count). The van der Waals surface area contributed by atoms with Crippen molar-refractivity contribution in [2.45, 2.75) is 31.8 Å². The maximum absolute atomic E-state index is 6.37. The first kappa shape index (κ1) is 14.6. The predicted octanol–water partition coefficient (Wildman–Crippen LogP) is 3.94. The fourth-order valence-electron chi connectivity index (χ4n) is 3.59. The molecule has 0 radical (unpaired) electrons. The van der Waals surface area contributed by atoms with Crippen molar-refractivity contribution in [3.8, 4) is 0 Å². The van der Waals surface area contributed by atoms with Crippen molar-refractivity contribution >= 4 is 23.2 Å². The van der Waals surface area contributed by atoms with Crippen LogP contribution < -0.4 is 5.32 Å². The Balaban J connectivity index is 1.90. The van der Waals surface area contributed by atoms with E-state index in [2.05, 4.69) is 5.32 Å². The highest BCUT2D eigenvalue weighted by atomic mass is 35.5. The molecule has 1 saturated carbocycles. The van der Waals surface area contributed by atoms with Crippen LogP contribution in [-0.2, 0) is 11.2 Å². The largest absolute Gasteiger partial charge is 0.377 e. The average Bonchev–Trinajstić information content (AvgIpc) is 3.17. The van der Waals surface area contributed by atoms with Crippen molar-refractivity contribution in [1.29, 1.82) is 0 Å². The van der Waals surface area contributed by atoms with Crippen molar-refractivity contribution in [3.05, 3.63) is 33.8 Å². The summed E-state index contributed by atoms with van der Waals surface area (Å²) in [4.78, 5) is 0. The molecule has 0 aromatic heterocycles. The third-order valence-electron chi connectivity index (χ3n) is 4.67. The normalized spacial score (nSPS) is 29.9. The molecule has 0 spiro atoms. The van der Waals surface area contributed by atoms with Gasteiger partial charge in [-0.15, -0.1) is 0 Å². The van der Waals surface area contributed by atoms with E-state index < -0.39 is 0 Å². The molecule has 2 atom stereocenters.